The Kier molecular flexibility index (Phi) is 4.21. The van der Waals surface area contributed by atoms with Gasteiger partial charge in [0.25, 0.3) is 0 Å². The van der Waals surface area contributed by atoms with Crippen LogP contribution in [0, 0.1) is 20.8 Å². The molecule has 0 bridgehead atoms. The Bertz CT molecular complexity index is 528. The van der Waals surface area contributed by atoms with Crippen molar-refractivity contribution in [3.8, 4) is 11.5 Å². The smallest absolute Gasteiger partial charge is 0.504 e. The topological polar surface area (TPSA) is 66.8 Å². The summed E-state index contributed by atoms with van der Waals surface area (Å²) >= 11 is 0. The lowest BCUT2D eigenvalue weighted by molar-refractivity contribution is 0.142. The van der Waals surface area contributed by atoms with Crippen molar-refractivity contribution in [2.45, 2.75) is 58.8 Å². The summed E-state index contributed by atoms with van der Waals surface area (Å²) in [6, 6.07) is 0. The third-order valence-electron chi connectivity index (χ3n) is 4.54. The van der Waals surface area contributed by atoms with Gasteiger partial charge in [0.05, 0.1) is 0 Å². The molecule has 2 rings (SSSR count). The van der Waals surface area contributed by atoms with Crippen molar-refractivity contribution in [1.29, 1.82) is 0 Å². The number of hydrogen-bond donors (Lipinski definition) is 2. The van der Waals surface area contributed by atoms with Crippen LogP contribution in [0.1, 0.15) is 60.3 Å². The van der Waals surface area contributed by atoms with Gasteiger partial charge in [-0.3, -0.25) is 0 Å². The van der Waals surface area contributed by atoms with E-state index in [0.717, 1.165) is 42.4 Å². The molecule has 1 saturated carbocycles. The minimum absolute atomic E-state index is 0.0138. The lowest BCUT2D eigenvalue weighted by Gasteiger charge is -2.27. The van der Waals surface area contributed by atoms with E-state index in [1.165, 1.54) is 6.42 Å². The molecule has 2 N–H and O–H groups in total. The maximum Gasteiger partial charge on any atom is 0.511 e. The number of aromatic hydroxyl groups is 1. The molecule has 1 aliphatic rings. The van der Waals surface area contributed by atoms with Crippen LogP contribution in [0.4, 0.5) is 4.79 Å². The van der Waals surface area contributed by atoms with Crippen LogP contribution in [0.25, 0.3) is 0 Å². The molecule has 0 atom stereocenters. The van der Waals surface area contributed by atoms with Gasteiger partial charge in [0.15, 0.2) is 11.5 Å². The average molecular weight is 278 g/mol. The monoisotopic (exact) mass is 278 g/mol. The molecule has 0 aromatic heterocycles. The number of rotatable bonds is 2. The van der Waals surface area contributed by atoms with Crippen molar-refractivity contribution in [2.75, 3.05) is 0 Å². The summed E-state index contributed by atoms with van der Waals surface area (Å²) in [5.74, 6) is 0.417. The Morgan fingerprint density at radius 3 is 2.20 bits per heavy atom. The fourth-order valence-corrected chi connectivity index (χ4v) is 3.23. The van der Waals surface area contributed by atoms with Crippen LogP contribution in [-0.4, -0.2) is 16.4 Å². The van der Waals surface area contributed by atoms with Gasteiger partial charge in [-0.1, -0.05) is 19.3 Å². The van der Waals surface area contributed by atoms with Crippen LogP contribution in [-0.2, 0) is 0 Å². The summed E-state index contributed by atoms with van der Waals surface area (Å²) in [6.07, 6.45) is 4.25. The molecule has 1 aromatic rings. The van der Waals surface area contributed by atoms with E-state index < -0.39 is 6.16 Å². The number of benzene rings is 1. The zero-order valence-corrected chi connectivity index (χ0v) is 12.3. The van der Waals surface area contributed by atoms with Crippen molar-refractivity contribution >= 4 is 6.16 Å². The van der Waals surface area contributed by atoms with E-state index >= 15 is 0 Å². The molecule has 0 radical (unpaired) electrons. The minimum atomic E-state index is -1.39. The second-order valence-electron chi connectivity index (χ2n) is 5.67. The first kappa shape index (κ1) is 14.7. The van der Waals surface area contributed by atoms with Gasteiger partial charge in [0, 0.05) is 5.56 Å². The Balaban J connectivity index is 2.54. The van der Waals surface area contributed by atoms with E-state index in [0.29, 0.717) is 11.5 Å². The standard InChI is InChI=1S/C16H22O4/c1-9-10(2)13(12-7-5-4-6-8-12)14(17)15(11(9)3)20-16(18)19/h12,17H,4-8H2,1-3H3,(H,18,19). The van der Waals surface area contributed by atoms with Crippen LogP contribution in [0.3, 0.4) is 0 Å². The highest BCUT2D eigenvalue weighted by molar-refractivity contribution is 5.67. The lowest BCUT2D eigenvalue weighted by atomic mass is 9.80. The quantitative estimate of drug-likeness (QED) is 0.620. The van der Waals surface area contributed by atoms with Crippen LogP contribution < -0.4 is 4.74 Å². The Morgan fingerprint density at radius 1 is 1.05 bits per heavy atom. The first-order valence-corrected chi connectivity index (χ1v) is 7.16. The Labute approximate surface area is 119 Å². The fourth-order valence-electron chi connectivity index (χ4n) is 3.23. The zero-order chi connectivity index (χ0) is 14.9. The van der Waals surface area contributed by atoms with E-state index in [1.807, 2.05) is 13.8 Å². The second-order valence-corrected chi connectivity index (χ2v) is 5.67. The summed E-state index contributed by atoms with van der Waals surface area (Å²) in [5, 5.41) is 19.3. The maximum atomic E-state index is 10.8. The van der Waals surface area contributed by atoms with E-state index in [-0.39, 0.29) is 11.5 Å². The molecule has 0 unspecified atom stereocenters. The van der Waals surface area contributed by atoms with Gasteiger partial charge < -0.3 is 14.9 Å². The SMILES string of the molecule is Cc1c(C)c(OC(=O)O)c(O)c(C2CCCCC2)c1C. The summed E-state index contributed by atoms with van der Waals surface area (Å²) < 4.78 is 4.81. The van der Waals surface area contributed by atoms with E-state index in [4.69, 9.17) is 9.84 Å². The summed E-state index contributed by atoms with van der Waals surface area (Å²) in [7, 11) is 0. The van der Waals surface area contributed by atoms with Crippen molar-refractivity contribution in [3.05, 3.63) is 22.3 Å². The molecule has 110 valence electrons. The molecule has 1 aliphatic carbocycles. The van der Waals surface area contributed by atoms with Gasteiger partial charge in [-0.25, -0.2) is 4.79 Å². The van der Waals surface area contributed by atoms with Crippen molar-refractivity contribution < 1.29 is 19.7 Å². The van der Waals surface area contributed by atoms with Crippen molar-refractivity contribution in [1.82, 2.24) is 0 Å². The molecule has 4 nitrogen and oxygen atoms in total. The molecule has 0 aliphatic heterocycles. The van der Waals surface area contributed by atoms with Gasteiger partial charge in [0.2, 0.25) is 0 Å². The Morgan fingerprint density at radius 2 is 1.65 bits per heavy atom. The third kappa shape index (κ3) is 2.60. The number of phenolic OH excluding ortho intramolecular Hbond substituents is 1. The molecular weight excluding hydrogens is 256 g/mol. The average Bonchev–Trinajstić information content (AvgIpc) is 2.42. The van der Waals surface area contributed by atoms with Crippen LogP contribution in [0.5, 0.6) is 11.5 Å². The van der Waals surface area contributed by atoms with Crippen LogP contribution in [0.15, 0.2) is 0 Å². The molecule has 0 heterocycles. The first-order valence-electron chi connectivity index (χ1n) is 7.16. The van der Waals surface area contributed by atoms with Gasteiger partial charge in [-0.2, -0.15) is 0 Å². The number of carboxylic acid groups (broad SMARTS) is 1. The fraction of sp³-hybridized carbons (Fsp3) is 0.562. The summed E-state index contributed by atoms with van der Waals surface area (Å²) in [4.78, 5) is 10.8. The largest absolute Gasteiger partial charge is 0.511 e. The molecule has 0 saturated heterocycles. The van der Waals surface area contributed by atoms with Crippen molar-refractivity contribution in [3.63, 3.8) is 0 Å². The number of hydrogen-bond acceptors (Lipinski definition) is 3. The first-order chi connectivity index (χ1) is 9.43. The maximum absolute atomic E-state index is 10.8. The molecule has 0 amide bonds. The molecule has 0 spiro atoms. The number of carbonyl (C=O) groups is 1. The Hall–Kier alpha value is -1.71. The molecular formula is C16H22O4. The molecule has 1 fully saturated rings. The number of phenols is 1. The normalized spacial score (nSPS) is 16.1. The highest BCUT2D eigenvalue weighted by Crippen LogP contribution is 2.46. The van der Waals surface area contributed by atoms with Crippen molar-refractivity contribution in [2.24, 2.45) is 0 Å². The summed E-state index contributed by atoms with van der Waals surface area (Å²) in [5.41, 5.74) is 3.63. The van der Waals surface area contributed by atoms with Gasteiger partial charge in [-0.05, 0) is 56.2 Å². The minimum Gasteiger partial charge on any atom is -0.504 e. The predicted octanol–water partition coefficient (Wildman–Crippen LogP) is 4.42. The highest BCUT2D eigenvalue weighted by Gasteiger charge is 2.26. The van der Waals surface area contributed by atoms with Gasteiger partial charge in [0.1, 0.15) is 0 Å². The van der Waals surface area contributed by atoms with Crippen LogP contribution >= 0.6 is 0 Å². The van der Waals surface area contributed by atoms with Gasteiger partial charge in [-0.15, -0.1) is 0 Å². The summed E-state index contributed by atoms with van der Waals surface area (Å²) in [6.45, 7) is 5.73. The molecule has 20 heavy (non-hydrogen) atoms. The third-order valence-corrected chi connectivity index (χ3v) is 4.54. The zero-order valence-electron chi connectivity index (χ0n) is 12.3. The number of ether oxygens (including phenoxy) is 1. The van der Waals surface area contributed by atoms with E-state index in [1.54, 1.807) is 6.92 Å². The van der Waals surface area contributed by atoms with E-state index in [9.17, 15) is 9.90 Å². The molecule has 4 heteroatoms. The van der Waals surface area contributed by atoms with E-state index in [2.05, 4.69) is 0 Å². The van der Waals surface area contributed by atoms with Crippen LogP contribution in [0.2, 0.25) is 0 Å². The van der Waals surface area contributed by atoms with Gasteiger partial charge >= 0.3 is 6.16 Å². The highest BCUT2D eigenvalue weighted by atomic mass is 16.7. The molecule has 1 aromatic carbocycles. The second kappa shape index (κ2) is 5.73. The predicted molar refractivity (Wildman–Crippen MR) is 76.8 cm³/mol. The lowest BCUT2D eigenvalue weighted by Crippen LogP contribution is -2.11.